The Hall–Kier alpha value is -1.69. The van der Waals surface area contributed by atoms with E-state index in [0.29, 0.717) is 30.0 Å². The molecule has 1 aliphatic heterocycles. The third-order valence-electron chi connectivity index (χ3n) is 3.33. The van der Waals surface area contributed by atoms with E-state index in [4.69, 9.17) is 0 Å². The molecule has 1 saturated heterocycles. The predicted molar refractivity (Wildman–Crippen MR) is 73.2 cm³/mol. The van der Waals surface area contributed by atoms with Crippen molar-refractivity contribution in [1.82, 2.24) is 10.2 Å². The summed E-state index contributed by atoms with van der Waals surface area (Å²) in [5, 5.41) is 5.89. The molecule has 0 bridgehead atoms. The van der Waals surface area contributed by atoms with E-state index in [1.165, 1.54) is 0 Å². The number of anilines is 1. The standard InChI is InChI=1S/C12H13N3O2S/c16-11-3-7(6-18)5-15(11)8-1-2-10-9(4-8)12(17)14-13-10/h1-2,4,7,18H,3,5-6H2,(H2,13,14,17). The lowest BCUT2D eigenvalue weighted by Gasteiger charge is -2.16. The summed E-state index contributed by atoms with van der Waals surface area (Å²) in [6.45, 7) is 0.677. The predicted octanol–water partition coefficient (Wildman–Crippen LogP) is 1.14. The minimum absolute atomic E-state index is 0.0976. The lowest BCUT2D eigenvalue weighted by Crippen LogP contribution is -2.24. The Bertz CT molecular complexity index is 661. The normalized spacial score (nSPS) is 19.9. The van der Waals surface area contributed by atoms with Crippen molar-refractivity contribution in [2.24, 2.45) is 5.92 Å². The summed E-state index contributed by atoms with van der Waals surface area (Å²) < 4.78 is 0. The quantitative estimate of drug-likeness (QED) is 0.711. The fourth-order valence-corrected chi connectivity index (χ4v) is 2.59. The molecule has 2 aromatic rings. The summed E-state index contributed by atoms with van der Waals surface area (Å²) in [5.74, 6) is 1.09. The van der Waals surface area contributed by atoms with Gasteiger partial charge in [0.2, 0.25) is 5.91 Å². The first-order valence-electron chi connectivity index (χ1n) is 5.80. The summed E-state index contributed by atoms with van der Waals surface area (Å²) in [6.07, 6.45) is 0.533. The average molecular weight is 263 g/mol. The third kappa shape index (κ3) is 1.73. The van der Waals surface area contributed by atoms with Crippen molar-refractivity contribution in [3.05, 3.63) is 28.6 Å². The van der Waals surface area contributed by atoms with Gasteiger partial charge in [0.1, 0.15) is 0 Å². The third-order valence-corrected chi connectivity index (χ3v) is 3.85. The number of nitrogens with zero attached hydrogens (tertiary/aromatic N) is 1. The summed E-state index contributed by atoms with van der Waals surface area (Å²) in [4.78, 5) is 25.2. The maximum Gasteiger partial charge on any atom is 0.271 e. The van der Waals surface area contributed by atoms with Crippen LogP contribution < -0.4 is 10.5 Å². The van der Waals surface area contributed by atoms with Crippen molar-refractivity contribution >= 4 is 35.1 Å². The Morgan fingerprint density at radius 2 is 2.17 bits per heavy atom. The van der Waals surface area contributed by atoms with Crippen LogP contribution in [0.25, 0.3) is 10.9 Å². The van der Waals surface area contributed by atoms with Crippen LogP contribution in [0.2, 0.25) is 0 Å². The zero-order valence-electron chi connectivity index (χ0n) is 9.64. The second kappa shape index (κ2) is 4.20. The molecule has 2 N–H and O–H groups in total. The molecule has 94 valence electrons. The molecule has 2 heterocycles. The van der Waals surface area contributed by atoms with E-state index in [1.807, 2.05) is 12.1 Å². The van der Waals surface area contributed by atoms with Gasteiger partial charge < -0.3 is 4.90 Å². The minimum atomic E-state index is -0.163. The highest BCUT2D eigenvalue weighted by Crippen LogP contribution is 2.27. The van der Waals surface area contributed by atoms with E-state index >= 15 is 0 Å². The van der Waals surface area contributed by atoms with Gasteiger partial charge in [-0.1, -0.05) is 0 Å². The number of amides is 1. The Morgan fingerprint density at radius 3 is 2.89 bits per heavy atom. The number of H-pyrrole nitrogens is 2. The van der Waals surface area contributed by atoms with Crippen LogP contribution in [0.5, 0.6) is 0 Å². The molecule has 1 aromatic heterocycles. The maximum absolute atomic E-state index is 11.9. The molecule has 1 atom stereocenters. The largest absolute Gasteiger partial charge is 0.312 e. The van der Waals surface area contributed by atoms with Crippen molar-refractivity contribution in [2.75, 3.05) is 17.2 Å². The number of hydrogen-bond acceptors (Lipinski definition) is 3. The average Bonchev–Trinajstić information content (AvgIpc) is 2.93. The van der Waals surface area contributed by atoms with Crippen molar-refractivity contribution < 1.29 is 4.79 Å². The van der Waals surface area contributed by atoms with E-state index in [2.05, 4.69) is 22.8 Å². The van der Waals surface area contributed by atoms with E-state index < -0.39 is 0 Å². The van der Waals surface area contributed by atoms with Gasteiger partial charge in [0.05, 0.1) is 10.9 Å². The molecule has 1 aliphatic rings. The van der Waals surface area contributed by atoms with Crippen LogP contribution in [-0.2, 0) is 4.79 Å². The van der Waals surface area contributed by atoms with Crippen LogP contribution in [0.15, 0.2) is 23.0 Å². The number of carbonyl (C=O) groups is 1. The lowest BCUT2D eigenvalue weighted by molar-refractivity contribution is -0.117. The highest BCUT2D eigenvalue weighted by Gasteiger charge is 2.29. The van der Waals surface area contributed by atoms with Gasteiger partial charge in [-0.25, -0.2) is 0 Å². The number of nitrogens with one attached hydrogen (secondary N) is 2. The van der Waals surface area contributed by atoms with Gasteiger partial charge in [-0.15, -0.1) is 0 Å². The second-order valence-electron chi connectivity index (χ2n) is 4.57. The van der Waals surface area contributed by atoms with E-state index in [1.54, 1.807) is 11.0 Å². The fourth-order valence-electron chi connectivity index (χ4n) is 2.34. The fraction of sp³-hybridized carbons (Fsp3) is 0.333. The Balaban J connectivity index is 2.01. The summed E-state index contributed by atoms with van der Waals surface area (Å²) >= 11 is 4.24. The SMILES string of the molecule is O=C1CC(CS)CN1c1ccc2[nH][nH]c(=O)c2c1. The van der Waals surface area contributed by atoms with Crippen LogP contribution in [0.4, 0.5) is 5.69 Å². The molecule has 3 rings (SSSR count). The Morgan fingerprint density at radius 1 is 1.33 bits per heavy atom. The van der Waals surface area contributed by atoms with Crippen LogP contribution in [0, 0.1) is 5.92 Å². The van der Waals surface area contributed by atoms with Crippen LogP contribution in [0.3, 0.4) is 0 Å². The van der Waals surface area contributed by atoms with Crippen molar-refractivity contribution in [1.29, 1.82) is 0 Å². The van der Waals surface area contributed by atoms with Gasteiger partial charge >= 0.3 is 0 Å². The van der Waals surface area contributed by atoms with Gasteiger partial charge in [-0.3, -0.25) is 19.8 Å². The van der Waals surface area contributed by atoms with Crippen molar-refractivity contribution in [3.8, 4) is 0 Å². The monoisotopic (exact) mass is 263 g/mol. The molecular weight excluding hydrogens is 250 g/mol. The van der Waals surface area contributed by atoms with Gasteiger partial charge in [-0.05, 0) is 29.9 Å². The first kappa shape index (κ1) is 11.4. The van der Waals surface area contributed by atoms with E-state index in [9.17, 15) is 9.59 Å². The number of fused-ring (bicyclic) bond motifs is 1. The number of carbonyl (C=O) groups excluding carboxylic acids is 1. The number of hydrogen-bond donors (Lipinski definition) is 3. The molecule has 1 aromatic carbocycles. The van der Waals surface area contributed by atoms with Gasteiger partial charge in [0, 0.05) is 18.7 Å². The zero-order valence-corrected chi connectivity index (χ0v) is 10.5. The van der Waals surface area contributed by atoms with Gasteiger partial charge in [-0.2, -0.15) is 12.6 Å². The summed E-state index contributed by atoms with van der Waals surface area (Å²) in [6, 6.07) is 5.41. The molecule has 5 nitrogen and oxygen atoms in total. The Labute approximate surface area is 109 Å². The van der Waals surface area contributed by atoms with Gasteiger partial charge in [0.15, 0.2) is 0 Å². The Kier molecular flexibility index (Phi) is 2.66. The van der Waals surface area contributed by atoms with Crippen LogP contribution in [-0.4, -0.2) is 28.4 Å². The molecular formula is C12H13N3O2S. The second-order valence-corrected chi connectivity index (χ2v) is 4.93. The molecule has 1 unspecified atom stereocenters. The number of aromatic amines is 2. The molecule has 18 heavy (non-hydrogen) atoms. The maximum atomic E-state index is 11.9. The van der Waals surface area contributed by atoms with Crippen LogP contribution >= 0.6 is 12.6 Å². The molecule has 6 heteroatoms. The minimum Gasteiger partial charge on any atom is -0.312 e. The molecule has 0 spiro atoms. The molecule has 0 radical (unpaired) electrons. The number of thiol groups is 1. The first-order valence-corrected chi connectivity index (χ1v) is 6.44. The number of benzene rings is 1. The molecule has 1 fully saturated rings. The van der Waals surface area contributed by atoms with Crippen molar-refractivity contribution in [2.45, 2.75) is 6.42 Å². The summed E-state index contributed by atoms with van der Waals surface area (Å²) in [5.41, 5.74) is 1.37. The molecule has 1 amide bonds. The van der Waals surface area contributed by atoms with Crippen LogP contribution in [0.1, 0.15) is 6.42 Å². The van der Waals surface area contributed by atoms with E-state index in [0.717, 1.165) is 11.2 Å². The van der Waals surface area contributed by atoms with Gasteiger partial charge in [0.25, 0.3) is 5.56 Å². The zero-order chi connectivity index (χ0) is 12.7. The number of rotatable bonds is 2. The number of aromatic nitrogens is 2. The van der Waals surface area contributed by atoms with Crippen molar-refractivity contribution in [3.63, 3.8) is 0 Å². The van der Waals surface area contributed by atoms with E-state index in [-0.39, 0.29) is 11.5 Å². The lowest BCUT2D eigenvalue weighted by atomic mass is 10.1. The topological polar surface area (TPSA) is 69.0 Å². The first-order chi connectivity index (χ1) is 8.69. The highest BCUT2D eigenvalue weighted by molar-refractivity contribution is 7.80. The highest BCUT2D eigenvalue weighted by atomic mass is 32.1. The molecule has 0 saturated carbocycles. The smallest absolute Gasteiger partial charge is 0.271 e. The summed E-state index contributed by atoms with van der Waals surface area (Å²) in [7, 11) is 0. The molecule has 0 aliphatic carbocycles.